The number of carbonyl (C=O) groups excluding carboxylic acids is 2. The van der Waals surface area contributed by atoms with Gasteiger partial charge in [-0.05, 0) is 38.5 Å². The maximum Gasteiger partial charge on any atom is 0.325 e. The maximum atomic E-state index is 12.9. The summed E-state index contributed by atoms with van der Waals surface area (Å²) in [7, 11) is 0. The van der Waals surface area contributed by atoms with E-state index in [2.05, 4.69) is 5.32 Å². The second-order valence-corrected chi connectivity index (χ2v) is 7.11. The van der Waals surface area contributed by atoms with Gasteiger partial charge in [-0.1, -0.05) is 47.5 Å². The molecule has 2 N–H and O–H groups in total. The molecular weight excluding hydrogens is 344 g/mol. The predicted octanol–water partition coefficient (Wildman–Crippen LogP) is 2.51. The fourth-order valence-electron chi connectivity index (χ4n) is 3.04. The van der Waals surface area contributed by atoms with Crippen LogP contribution in [0.15, 0.2) is 48.5 Å². The standard InChI is InChI=1S/C21H24N2O4/c1-14-4-8-16(9-5-14)21(3)19(25)23(20(26)22-21)12-17(24)13-27-18-10-6-15(2)7-11-18/h4-11,17,24H,12-13H2,1-3H3,(H,22,26)/t17-,21+/m0/s1. The molecule has 0 aliphatic carbocycles. The van der Waals surface area contributed by atoms with Gasteiger partial charge in [-0.3, -0.25) is 9.69 Å². The lowest BCUT2D eigenvalue weighted by Gasteiger charge is -2.23. The fourth-order valence-corrected chi connectivity index (χ4v) is 3.04. The molecule has 3 rings (SSSR count). The minimum Gasteiger partial charge on any atom is -0.491 e. The molecule has 2 atom stereocenters. The van der Waals surface area contributed by atoms with E-state index in [1.165, 1.54) is 0 Å². The minimum absolute atomic E-state index is 0.0125. The van der Waals surface area contributed by atoms with Crippen molar-refractivity contribution in [3.05, 3.63) is 65.2 Å². The van der Waals surface area contributed by atoms with Gasteiger partial charge in [0.2, 0.25) is 0 Å². The molecule has 0 saturated carbocycles. The molecular formula is C21H24N2O4. The zero-order valence-electron chi connectivity index (χ0n) is 15.7. The van der Waals surface area contributed by atoms with E-state index in [0.717, 1.165) is 16.0 Å². The Hall–Kier alpha value is -2.86. The molecule has 0 radical (unpaired) electrons. The average Bonchev–Trinajstić information content (AvgIpc) is 2.86. The number of hydrogen-bond donors (Lipinski definition) is 2. The number of hydrogen-bond acceptors (Lipinski definition) is 4. The lowest BCUT2D eigenvalue weighted by atomic mass is 9.91. The molecule has 1 aliphatic rings. The number of nitrogens with one attached hydrogen (secondary N) is 1. The van der Waals surface area contributed by atoms with Gasteiger partial charge in [0.25, 0.3) is 5.91 Å². The summed E-state index contributed by atoms with van der Waals surface area (Å²) < 4.78 is 5.53. The van der Waals surface area contributed by atoms with Crippen molar-refractivity contribution in [1.82, 2.24) is 10.2 Å². The van der Waals surface area contributed by atoms with Crippen molar-refractivity contribution < 1.29 is 19.4 Å². The van der Waals surface area contributed by atoms with Crippen molar-refractivity contribution in [2.24, 2.45) is 0 Å². The van der Waals surface area contributed by atoms with E-state index < -0.39 is 17.7 Å². The Morgan fingerprint density at radius 1 is 1.04 bits per heavy atom. The molecule has 142 valence electrons. The smallest absolute Gasteiger partial charge is 0.325 e. The molecule has 1 fully saturated rings. The van der Waals surface area contributed by atoms with Crippen LogP contribution in [0.25, 0.3) is 0 Å². The van der Waals surface area contributed by atoms with Crippen molar-refractivity contribution in [2.75, 3.05) is 13.2 Å². The molecule has 0 bridgehead atoms. The van der Waals surface area contributed by atoms with Crippen LogP contribution >= 0.6 is 0 Å². The highest BCUT2D eigenvalue weighted by molar-refractivity contribution is 6.07. The first-order chi connectivity index (χ1) is 12.8. The summed E-state index contributed by atoms with van der Waals surface area (Å²) in [5.41, 5.74) is 1.75. The topological polar surface area (TPSA) is 78.9 Å². The van der Waals surface area contributed by atoms with E-state index in [1.807, 2.05) is 62.4 Å². The number of rotatable bonds is 6. The lowest BCUT2D eigenvalue weighted by molar-refractivity contribution is -0.132. The summed E-state index contributed by atoms with van der Waals surface area (Å²) in [5, 5.41) is 13.0. The van der Waals surface area contributed by atoms with E-state index in [-0.39, 0.29) is 19.1 Å². The van der Waals surface area contributed by atoms with Crippen LogP contribution in [0, 0.1) is 13.8 Å². The van der Waals surface area contributed by atoms with E-state index >= 15 is 0 Å². The summed E-state index contributed by atoms with van der Waals surface area (Å²) in [6, 6.07) is 14.4. The molecule has 6 nitrogen and oxygen atoms in total. The molecule has 0 spiro atoms. The number of nitrogens with zero attached hydrogens (tertiary/aromatic N) is 1. The van der Waals surface area contributed by atoms with E-state index in [4.69, 9.17) is 4.74 Å². The number of aliphatic hydroxyl groups excluding tert-OH is 1. The Bertz CT molecular complexity index is 832. The number of urea groups is 1. The number of carbonyl (C=O) groups is 2. The summed E-state index contributed by atoms with van der Waals surface area (Å²) in [6.45, 7) is 5.46. The van der Waals surface area contributed by atoms with Gasteiger partial charge in [0.15, 0.2) is 0 Å². The number of aliphatic hydroxyl groups is 1. The highest BCUT2D eigenvalue weighted by Crippen LogP contribution is 2.29. The SMILES string of the molecule is Cc1ccc(OC[C@@H](O)CN2C(=O)N[C@](C)(c3ccc(C)cc3)C2=O)cc1. The first-order valence-electron chi connectivity index (χ1n) is 8.88. The summed E-state index contributed by atoms with van der Waals surface area (Å²) in [4.78, 5) is 26.2. The van der Waals surface area contributed by atoms with Crippen LogP contribution in [0.4, 0.5) is 4.79 Å². The van der Waals surface area contributed by atoms with E-state index in [0.29, 0.717) is 11.3 Å². The van der Waals surface area contributed by atoms with E-state index in [1.54, 1.807) is 6.92 Å². The lowest BCUT2D eigenvalue weighted by Crippen LogP contribution is -2.42. The van der Waals surface area contributed by atoms with Crippen LogP contribution in [-0.2, 0) is 10.3 Å². The van der Waals surface area contributed by atoms with Crippen molar-refractivity contribution in [3.8, 4) is 5.75 Å². The predicted molar refractivity (Wildman–Crippen MR) is 101 cm³/mol. The van der Waals surface area contributed by atoms with Crippen molar-refractivity contribution in [3.63, 3.8) is 0 Å². The van der Waals surface area contributed by atoms with Gasteiger partial charge in [0.05, 0.1) is 6.54 Å². The Labute approximate surface area is 158 Å². The molecule has 6 heteroatoms. The highest BCUT2D eigenvalue weighted by Gasteiger charge is 2.49. The zero-order chi connectivity index (χ0) is 19.6. The normalized spacial score (nSPS) is 20.5. The fraction of sp³-hybridized carbons (Fsp3) is 0.333. The van der Waals surface area contributed by atoms with Gasteiger partial charge < -0.3 is 15.2 Å². The van der Waals surface area contributed by atoms with Crippen LogP contribution in [-0.4, -0.2) is 41.2 Å². The number of β-amino-alcohol motifs (C(OH)–C–C–N with tert-alkyl or cyclic N) is 1. The van der Waals surface area contributed by atoms with Crippen molar-refractivity contribution in [2.45, 2.75) is 32.4 Å². The molecule has 2 aromatic carbocycles. The van der Waals surface area contributed by atoms with Gasteiger partial charge in [0, 0.05) is 0 Å². The second-order valence-electron chi connectivity index (χ2n) is 7.11. The third kappa shape index (κ3) is 3.95. The Morgan fingerprint density at radius 2 is 1.59 bits per heavy atom. The van der Waals surface area contributed by atoms with Gasteiger partial charge in [-0.25, -0.2) is 4.79 Å². The third-order valence-electron chi connectivity index (χ3n) is 4.76. The van der Waals surface area contributed by atoms with Crippen molar-refractivity contribution >= 4 is 11.9 Å². The second kappa shape index (κ2) is 7.40. The monoisotopic (exact) mass is 368 g/mol. The Morgan fingerprint density at radius 3 is 2.19 bits per heavy atom. The van der Waals surface area contributed by atoms with Crippen LogP contribution in [0.2, 0.25) is 0 Å². The first kappa shape index (κ1) is 18.9. The number of aryl methyl sites for hydroxylation is 2. The Kier molecular flexibility index (Phi) is 5.19. The Balaban J connectivity index is 1.64. The maximum absolute atomic E-state index is 12.9. The minimum atomic E-state index is -1.14. The molecule has 27 heavy (non-hydrogen) atoms. The number of benzene rings is 2. The van der Waals surface area contributed by atoms with Crippen LogP contribution in [0.1, 0.15) is 23.6 Å². The van der Waals surface area contributed by atoms with Gasteiger partial charge in [0.1, 0.15) is 24.0 Å². The molecule has 1 heterocycles. The summed E-state index contributed by atoms with van der Waals surface area (Å²) in [5.74, 6) is 0.243. The molecule has 2 aromatic rings. The van der Waals surface area contributed by atoms with Crippen molar-refractivity contribution in [1.29, 1.82) is 0 Å². The first-order valence-corrected chi connectivity index (χ1v) is 8.88. The van der Waals surface area contributed by atoms with Gasteiger partial charge >= 0.3 is 6.03 Å². The van der Waals surface area contributed by atoms with E-state index in [9.17, 15) is 14.7 Å². The van der Waals surface area contributed by atoms with Crippen LogP contribution in [0.5, 0.6) is 5.75 Å². The van der Waals surface area contributed by atoms with Crippen LogP contribution in [0.3, 0.4) is 0 Å². The van der Waals surface area contributed by atoms with Crippen LogP contribution < -0.4 is 10.1 Å². The number of amides is 3. The summed E-state index contributed by atoms with van der Waals surface area (Å²) in [6.07, 6.45) is -0.985. The third-order valence-corrected chi connectivity index (χ3v) is 4.76. The summed E-state index contributed by atoms with van der Waals surface area (Å²) >= 11 is 0. The van der Waals surface area contributed by atoms with Gasteiger partial charge in [-0.15, -0.1) is 0 Å². The molecule has 3 amide bonds. The molecule has 0 aromatic heterocycles. The molecule has 0 unspecified atom stereocenters. The average molecular weight is 368 g/mol. The quantitative estimate of drug-likeness (QED) is 0.768. The number of imide groups is 1. The number of ether oxygens (including phenoxy) is 1. The van der Waals surface area contributed by atoms with Gasteiger partial charge in [-0.2, -0.15) is 0 Å². The zero-order valence-corrected chi connectivity index (χ0v) is 15.7. The highest BCUT2D eigenvalue weighted by atomic mass is 16.5. The molecule has 1 saturated heterocycles. The largest absolute Gasteiger partial charge is 0.491 e. The molecule has 1 aliphatic heterocycles.